The summed E-state index contributed by atoms with van der Waals surface area (Å²) in [6, 6.07) is -0.830. The Labute approximate surface area is 442 Å². The maximum Gasteiger partial charge on any atom is 0.220 e. The average molecular weight is 1040 g/mol. The van der Waals surface area contributed by atoms with Gasteiger partial charge in [0.1, 0.15) is 48.8 Å². The molecule has 14 nitrogen and oxygen atoms in total. The van der Waals surface area contributed by atoms with Gasteiger partial charge >= 0.3 is 0 Å². The zero-order valence-electron chi connectivity index (χ0n) is 45.9. The fourth-order valence-electron chi connectivity index (χ4n) is 9.77. The Bertz CT molecular complexity index is 1370. The maximum atomic E-state index is 13.3. The summed E-state index contributed by atoms with van der Waals surface area (Å²) >= 11 is 0. The molecule has 73 heavy (non-hydrogen) atoms. The number of amides is 1. The molecule has 14 heteroatoms. The number of aliphatic hydroxyl groups is 8. The largest absolute Gasteiger partial charge is 0.394 e. The van der Waals surface area contributed by atoms with Gasteiger partial charge in [-0.2, -0.15) is 0 Å². The number of nitrogens with one attached hydrogen (secondary N) is 1. The van der Waals surface area contributed by atoms with Crippen molar-refractivity contribution in [2.75, 3.05) is 19.8 Å². The number of hydrogen-bond donors (Lipinski definition) is 9. The van der Waals surface area contributed by atoms with Gasteiger partial charge in [0.05, 0.1) is 32.0 Å². The van der Waals surface area contributed by atoms with Crippen LogP contribution < -0.4 is 5.32 Å². The van der Waals surface area contributed by atoms with Gasteiger partial charge in [-0.05, 0) is 51.4 Å². The van der Waals surface area contributed by atoms with Crippen molar-refractivity contribution >= 4 is 5.91 Å². The monoisotopic (exact) mass is 1040 g/mol. The van der Waals surface area contributed by atoms with Crippen LogP contribution in [0, 0.1) is 0 Å². The summed E-state index contributed by atoms with van der Waals surface area (Å²) < 4.78 is 22.8. The molecule has 0 bridgehead atoms. The highest BCUT2D eigenvalue weighted by molar-refractivity contribution is 5.76. The first-order valence-electron chi connectivity index (χ1n) is 29.7. The van der Waals surface area contributed by atoms with Crippen LogP contribution in [0.5, 0.6) is 0 Å². The molecule has 2 rings (SSSR count). The predicted molar refractivity (Wildman–Crippen MR) is 291 cm³/mol. The molecule has 0 aromatic rings. The molecule has 2 aliphatic heterocycles. The van der Waals surface area contributed by atoms with Crippen LogP contribution in [0.4, 0.5) is 0 Å². The second-order valence-corrected chi connectivity index (χ2v) is 21.1. The molecule has 0 spiro atoms. The number of carbonyl (C=O) groups excluding carboxylic acids is 1. The van der Waals surface area contributed by atoms with Crippen LogP contribution in [0.2, 0.25) is 0 Å². The van der Waals surface area contributed by atoms with E-state index >= 15 is 0 Å². The van der Waals surface area contributed by atoms with Crippen molar-refractivity contribution in [2.45, 2.75) is 312 Å². The first kappa shape index (κ1) is 67.3. The smallest absolute Gasteiger partial charge is 0.220 e. The van der Waals surface area contributed by atoms with Gasteiger partial charge in [0.2, 0.25) is 5.91 Å². The molecule has 2 aliphatic rings. The Morgan fingerprint density at radius 2 is 0.904 bits per heavy atom. The van der Waals surface area contributed by atoms with Crippen LogP contribution in [-0.4, -0.2) is 140 Å². The van der Waals surface area contributed by atoms with Gasteiger partial charge in [0, 0.05) is 6.42 Å². The summed E-state index contributed by atoms with van der Waals surface area (Å²) in [7, 11) is 0. The molecule has 2 heterocycles. The fourth-order valence-corrected chi connectivity index (χ4v) is 9.77. The standard InChI is InChI=1S/C59H109NO13/c1-3-5-7-9-11-13-15-17-19-20-21-22-23-24-25-26-27-28-29-31-33-35-37-39-41-43-51(64)60-47(48(63)42-40-38-36-34-32-30-18-16-14-12-10-8-6-4-2)46-70-58-56(69)54(67)57(50(45-62)72-58)73-59-55(68)53(66)52(65)49(44-61)71-59/h15,17,20-21,23-24,47-50,52-59,61-63,65-69H,3-14,16,18-19,22,25-46H2,1-2H3,(H,60,64)/b17-15-,21-20-,24-23-. The first-order valence-corrected chi connectivity index (χ1v) is 29.7. The van der Waals surface area contributed by atoms with Gasteiger partial charge in [-0.3, -0.25) is 4.79 Å². The molecule has 0 aliphatic carbocycles. The minimum Gasteiger partial charge on any atom is -0.394 e. The third kappa shape index (κ3) is 31.3. The summed E-state index contributed by atoms with van der Waals surface area (Å²) in [5.41, 5.74) is 0. The number of unbranched alkanes of at least 4 members (excludes halogenated alkanes) is 28. The summed E-state index contributed by atoms with van der Waals surface area (Å²) in [4.78, 5) is 13.3. The van der Waals surface area contributed by atoms with E-state index in [4.69, 9.17) is 18.9 Å². The molecule has 428 valence electrons. The molecular weight excluding hydrogens is 931 g/mol. The van der Waals surface area contributed by atoms with Crippen molar-refractivity contribution in [3.05, 3.63) is 36.5 Å². The van der Waals surface area contributed by atoms with Crippen LogP contribution in [0.1, 0.15) is 239 Å². The molecular formula is C59H109NO13. The molecule has 0 radical (unpaired) electrons. The summed E-state index contributed by atoms with van der Waals surface area (Å²) in [6.45, 7) is 2.85. The number of ether oxygens (including phenoxy) is 4. The molecule has 0 saturated carbocycles. The van der Waals surface area contributed by atoms with Gasteiger partial charge in [0.15, 0.2) is 12.6 Å². The molecule has 2 saturated heterocycles. The first-order chi connectivity index (χ1) is 35.6. The van der Waals surface area contributed by atoms with Crippen LogP contribution >= 0.6 is 0 Å². The van der Waals surface area contributed by atoms with E-state index in [-0.39, 0.29) is 12.5 Å². The number of rotatable bonds is 47. The topological polar surface area (TPSA) is 228 Å². The van der Waals surface area contributed by atoms with E-state index < -0.39 is 86.8 Å². The van der Waals surface area contributed by atoms with E-state index in [9.17, 15) is 45.6 Å². The van der Waals surface area contributed by atoms with Crippen LogP contribution in [0.25, 0.3) is 0 Å². The zero-order valence-corrected chi connectivity index (χ0v) is 45.9. The van der Waals surface area contributed by atoms with Crippen molar-refractivity contribution in [3.8, 4) is 0 Å². The SMILES string of the molecule is CCCCCCC/C=C\C/C=C\C/C=C\CCCCCCCCCCCCC(=O)NC(COC1OC(CO)C(OC2OC(CO)C(O)C(O)C2O)C(O)C1O)C(O)CCCCCCCCCCCCCCCC. The quantitative estimate of drug-likeness (QED) is 0.0205. The molecule has 9 N–H and O–H groups in total. The Balaban J connectivity index is 1.73. The second-order valence-electron chi connectivity index (χ2n) is 21.1. The number of hydrogen-bond acceptors (Lipinski definition) is 13. The Morgan fingerprint density at radius 3 is 1.38 bits per heavy atom. The number of carbonyl (C=O) groups is 1. The fraction of sp³-hybridized carbons (Fsp3) is 0.881. The van der Waals surface area contributed by atoms with Crippen molar-refractivity contribution in [1.29, 1.82) is 0 Å². The Morgan fingerprint density at radius 1 is 0.493 bits per heavy atom. The number of allylic oxidation sites excluding steroid dienone is 6. The highest BCUT2D eigenvalue weighted by atomic mass is 16.7. The second kappa shape index (κ2) is 45.3. The summed E-state index contributed by atoms with van der Waals surface area (Å²) in [5, 5.41) is 87.2. The van der Waals surface area contributed by atoms with Gasteiger partial charge in [-0.15, -0.1) is 0 Å². The Kier molecular flexibility index (Phi) is 41.7. The molecule has 12 atom stereocenters. The van der Waals surface area contributed by atoms with Crippen molar-refractivity contribution in [2.24, 2.45) is 0 Å². The molecule has 1 amide bonds. The minimum absolute atomic E-state index is 0.210. The van der Waals surface area contributed by atoms with Crippen molar-refractivity contribution < 1.29 is 64.6 Å². The van der Waals surface area contributed by atoms with Crippen LogP contribution in [0.3, 0.4) is 0 Å². The van der Waals surface area contributed by atoms with E-state index in [1.807, 2.05) is 0 Å². The lowest BCUT2D eigenvalue weighted by molar-refractivity contribution is -0.359. The van der Waals surface area contributed by atoms with E-state index in [0.717, 1.165) is 70.6 Å². The highest BCUT2D eigenvalue weighted by Gasteiger charge is 2.51. The van der Waals surface area contributed by atoms with Gasteiger partial charge in [-0.25, -0.2) is 0 Å². The highest BCUT2D eigenvalue weighted by Crippen LogP contribution is 2.30. The van der Waals surface area contributed by atoms with Gasteiger partial charge < -0.3 is 65.1 Å². The van der Waals surface area contributed by atoms with E-state index in [2.05, 4.69) is 55.6 Å². The van der Waals surface area contributed by atoms with Crippen molar-refractivity contribution in [1.82, 2.24) is 5.32 Å². The number of aliphatic hydroxyl groups excluding tert-OH is 8. The summed E-state index contributed by atoms with van der Waals surface area (Å²) in [6.07, 6.45) is 37.1. The maximum absolute atomic E-state index is 13.3. The van der Waals surface area contributed by atoms with Gasteiger partial charge in [0.25, 0.3) is 0 Å². The Hall–Kier alpha value is -1.79. The average Bonchev–Trinajstić information content (AvgIpc) is 3.39. The van der Waals surface area contributed by atoms with Gasteiger partial charge in [-0.1, -0.05) is 217 Å². The molecule has 2 fully saturated rings. The third-order valence-electron chi connectivity index (χ3n) is 14.6. The van der Waals surface area contributed by atoms with E-state index in [0.29, 0.717) is 12.8 Å². The molecule has 0 aromatic heterocycles. The predicted octanol–water partition coefficient (Wildman–Crippen LogP) is 9.83. The minimum atomic E-state index is -1.78. The van der Waals surface area contributed by atoms with Crippen molar-refractivity contribution in [3.63, 3.8) is 0 Å². The normalized spacial score (nSPS) is 25.6. The molecule has 12 unspecified atom stereocenters. The van der Waals surface area contributed by atoms with Crippen LogP contribution in [-0.2, 0) is 23.7 Å². The lowest BCUT2D eigenvalue weighted by Crippen LogP contribution is -2.65. The zero-order chi connectivity index (χ0) is 53.2. The van der Waals surface area contributed by atoms with E-state index in [1.54, 1.807) is 0 Å². The van der Waals surface area contributed by atoms with Crippen LogP contribution in [0.15, 0.2) is 36.5 Å². The lowest BCUT2D eigenvalue weighted by Gasteiger charge is -2.46. The van der Waals surface area contributed by atoms with E-state index in [1.165, 1.54) is 141 Å². The summed E-state index contributed by atoms with van der Waals surface area (Å²) in [5.74, 6) is -0.210. The lowest BCUT2D eigenvalue weighted by atomic mass is 9.97. The third-order valence-corrected chi connectivity index (χ3v) is 14.6. The molecule has 0 aromatic carbocycles.